The molecule has 2 aromatic carbocycles. The van der Waals surface area contributed by atoms with Gasteiger partial charge in [0.05, 0.1) is 13.2 Å². The maximum Gasteiger partial charge on any atom is 0.223 e. The third-order valence-electron chi connectivity index (χ3n) is 5.29. The van der Waals surface area contributed by atoms with Crippen LogP contribution < -0.4 is 0 Å². The minimum Gasteiger partial charge on any atom is -0.379 e. The van der Waals surface area contributed by atoms with Crippen molar-refractivity contribution in [1.82, 2.24) is 9.80 Å². The van der Waals surface area contributed by atoms with E-state index in [0.29, 0.717) is 18.5 Å². The molecule has 1 aliphatic heterocycles. The van der Waals surface area contributed by atoms with Gasteiger partial charge in [-0.3, -0.25) is 9.69 Å². The quantitative estimate of drug-likeness (QED) is 0.676. The van der Waals surface area contributed by atoms with E-state index in [1.54, 1.807) is 0 Å². The fraction of sp³-hybridized carbons (Fsp3) is 0.435. The van der Waals surface area contributed by atoms with E-state index in [9.17, 15) is 13.6 Å². The van der Waals surface area contributed by atoms with E-state index < -0.39 is 11.6 Å². The molecular weight excluding hydrogens is 374 g/mol. The Morgan fingerprint density at radius 3 is 2.48 bits per heavy atom. The van der Waals surface area contributed by atoms with Gasteiger partial charge in [0.15, 0.2) is 11.6 Å². The summed E-state index contributed by atoms with van der Waals surface area (Å²) in [5.41, 5.74) is 1.69. The summed E-state index contributed by atoms with van der Waals surface area (Å²) in [5.74, 6) is -1.74. The van der Waals surface area contributed by atoms with Crippen molar-refractivity contribution < 1.29 is 18.3 Å². The first kappa shape index (κ1) is 21.4. The lowest BCUT2D eigenvalue weighted by Crippen LogP contribution is -2.48. The fourth-order valence-corrected chi connectivity index (χ4v) is 3.62. The topological polar surface area (TPSA) is 32.8 Å². The number of halogens is 2. The zero-order valence-electron chi connectivity index (χ0n) is 16.8. The maximum absolute atomic E-state index is 13.5. The van der Waals surface area contributed by atoms with Gasteiger partial charge in [-0.25, -0.2) is 8.78 Å². The summed E-state index contributed by atoms with van der Waals surface area (Å²) >= 11 is 0. The van der Waals surface area contributed by atoms with Crippen LogP contribution in [0, 0.1) is 11.6 Å². The number of hydrogen-bond acceptors (Lipinski definition) is 3. The highest BCUT2D eigenvalue weighted by Crippen LogP contribution is 2.15. The molecule has 0 radical (unpaired) electrons. The van der Waals surface area contributed by atoms with E-state index in [4.69, 9.17) is 4.74 Å². The molecule has 0 saturated carbocycles. The average Bonchev–Trinajstić information content (AvgIpc) is 2.74. The van der Waals surface area contributed by atoms with Gasteiger partial charge in [0.25, 0.3) is 0 Å². The van der Waals surface area contributed by atoms with Crippen LogP contribution in [-0.4, -0.2) is 54.6 Å². The second-order valence-corrected chi connectivity index (χ2v) is 7.52. The molecule has 1 aliphatic rings. The summed E-state index contributed by atoms with van der Waals surface area (Å²) in [6.07, 6.45) is 0.636. The molecule has 0 spiro atoms. The molecule has 0 bridgehead atoms. The highest BCUT2D eigenvalue weighted by atomic mass is 19.2. The number of hydrogen-bond donors (Lipinski definition) is 0. The van der Waals surface area contributed by atoms with Crippen molar-refractivity contribution in [2.24, 2.45) is 0 Å². The number of carbonyl (C=O) groups excluding carboxylic acids is 1. The van der Waals surface area contributed by atoms with Gasteiger partial charge in [0.2, 0.25) is 5.91 Å². The normalized spacial score (nSPS) is 15.8. The van der Waals surface area contributed by atoms with E-state index in [-0.39, 0.29) is 18.4 Å². The van der Waals surface area contributed by atoms with Crippen LogP contribution in [0.4, 0.5) is 8.78 Å². The van der Waals surface area contributed by atoms with Crippen LogP contribution in [0.5, 0.6) is 0 Å². The van der Waals surface area contributed by atoms with Crippen molar-refractivity contribution in [1.29, 1.82) is 0 Å². The Kier molecular flexibility index (Phi) is 7.72. The number of nitrogens with zero attached hydrogens (tertiary/aromatic N) is 2. The molecule has 0 aromatic heterocycles. The number of benzene rings is 2. The fourth-order valence-electron chi connectivity index (χ4n) is 3.62. The first-order valence-corrected chi connectivity index (χ1v) is 10.1. The van der Waals surface area contributed by atoms with Gasteiger partial charge < -0.3 is 9.64 Å². The van der Waals surface area contributed by atoms with E-state index in [1.807, 2.05) is 35.2 Å². The summed E-state index contributed by atoms with van der Waals surface area (Å²) in [5, 5.41) is 0. The zero-order chi connectivity index (χ0) is 20.6. The lowest BCUT2D eigenvalue weighted by atomic mass is 10.1. The van der Waals surface area contributed by atoms with Gasteiger partial charge in [-0.1, -0.05) is 36.4 Å². The Morgan fingerprint density at radius 1 is 1.07 bits per heavy atom. The molecule has 1 unspecified atom stereocenters. The van der Waals surface area contributed by atoms with Crippen LogP contribution in [0.25, 0.3) is 0 Å². The van der Waals surface area contributed by atoms with Crippen molar-refractivity contribution in [3.63, 3.8) is 0 Å². The van der Waals surface area contributed by atoms with Crippen LogP contribution in [0.15, 0.2) is 48.5 Å². The lowest BCUT2D eigenvalue weighted by molar-refractivity contribution is -0.134. The third-order valence-corrected chi connectivity index (χ3v) is 5.29. The molecule has 1 fully saturated rings. The van der Waals surface area contributed by atoms with Crippen LogP contribution in [-0.2, 0) is 22.5 Å². The molecule has 1 atom stereocenters. The van der Waals surface area contributed by atoms with Gasteiger partial charge in [0, 0.05) is 38.6 Å². The van der Waals surface area contributed by atoms with Crippen molar-refractivity contribution >= 4 is 5.91 Å². The first-order valence-electron chi connectivity index (χ1n) is 10.1. The number of carbonyl (C=O) groups is 1. The lowest BCUT2D eigenvalue weighted by Gasteiger charge is -2.35. The molecule has 6 heteroatoms. The first-order chi connectivity index (χ1) is 14.0. The van der Waals surface area contributed by atoms with Crippen LogP contribution in [0.1, 0.15) is 24.5 Å². The van der Waals surface area contributed by atoms with Gasteiger partial charge in [-0.15, -0.1) is 0 Å². The molecule has 3 rings (SSSR count). The summed E-state index contributed by atoms with van der Waals surface area (Å²) < 4.78 is 32.0. The maximum atomic E-state index is 13.5. The molecule has 156 valence electrons. The van der Waals surface area contributed by atoms with Gasteiger partial charge in [-0.2, -0.15) is 0 Å². The monoisotopic (exact) mass is 402 g/mol. The Balaban J connectivity index is 1.66. The molecule has 2 aromatic rings. The molecule has 1 amide bonds. The molecule has 1 saturated heterocycles. The molecule has 1 heterocycles. The van der Waals surface area contributed by atoms with Crippen molar-refractivity contribution in [3.05, 3.63) is 71.3 Å². The van der Waals surface area contributed by atoms with E-state index in [1.165, 1.54) is 12.1 Å². The summed E-state index contributed by atoms with van der Waals surface area (Å²) in [7, 11) is 0. The Labute approximate surface area is 171 Å². The van der Waals surface area contributed by atoms with E-state index in [2.05, 4.69) is 11.8 Å². The Hall–Kier alpha value is -2.31. The second-order valence-electron chi connectivity index (χ2n) is 7.52. The van der Waals surface area contributed by atoms with Crippen LogP contribution >= 0.6 is 0 Å². The molecule has 0 N–H and O–H groups in total. The summed E-state index contributed by atoms with van der Waals surface area (Å²) in [6.45, 7) is 6.55. The van der Waals surface area contributed by atoms with Gasteiger partial charge >= 0.3 is 0 Å². The number of rotatable bonds is 8. The highest BCUT2D eigenvalue weighted by molar-refractivity contribution is 5.76. The van der Waals surface area contributed by atoms with Crippen molar-refractivity contribution in [2.75, 3.05) is 32.8 Å². The predicted octanol–water partition coefficient (Wildman–Crippen LogP) is 3.65. The number of morpholine rings is 1. The molecule has 0 aliphatic carbocycles. The van der Waals surface area contributed by atoms with E-state index >= 15 is 0 Å². The number of ether oxygens (including phenoxy) is 1. The SMILES string of the molecule is CC(CN1CCOCC1)N(Cc1ccccc1)C(=O)CCc1ccc(F)c(F)c1. The third kappa shape index (κ3) is 6.34. The van der Waals surface area contributed by atoms with E-state index in [0.717, 1.165) is 44.5 Å². The van der Waals surface area contributed by atoms with Crippen LogP contribution in [0.3, 0.4) is 0 Å². The standard InChI is InChI=1S/C23H28F2N2O2/c1-18(16-26-11-13-29-14-12-26)27(17-20-5-3-2-4-6-20)23(28)10-8-19-7-9-21(24)22(25)15-19/h2-7,9,15,18H,8,10-14,16-17H2,1H3. The predicted molar refractivity (Wildman–Crippen MR) is 108 cm³/mol. The molecule has 29 heavy (non-hydrogen) atoms. The van der Waals surface area contributed by atoms with Gasteiger partial charge in [-0.05, 0) is 36.6 Å². The minimum absolute atomic E-state index is 0.0133. The largest absolute Gasteiger partial charge is 0.379 e. The molecular formula is C23H28F2N2O2. The van der Waals surface area contributed by atoms with Crippen molar-refractivity contribution in [3.8, 4) is 0 Å². The Bertz CT molecular complexity index is 795. The summed E-state index contributed by atoms with van der Waals surface area (Å²) in [4.78, 5) is 17.3. The number of amides is 1. The van der Waals surface area contributed by atoms with Gasteiger partial charge in [0.1, 0.15) is 0 Å². The van der Waals surface area contributed by atoms with Crippen LogP contribution in [0.2, 0.25) is 0 Å². The zero-order valence-corrected chi connectivity index (χ0v) is 16.8. The van der Waals surface area contributed by atoms with Crippen molar-refractivity contribution in [2.45, 2.75) is 32.4 Å². The number of aryl methyl sites for hydroxylation is 1. The smallest absolute Gasteiger partial charge is 0.223 e. The highest BCUT2D eigenvalue weighted by Gasteiger charge is 2.23. The Morgan fingerprint density at radius 2 is 1.79 bits per heavy atom. The molecule has 4 nitrogen and oxygen atoms in total. The average molecular weight is 402 g/mol. The second kappa shape index (κ2) is 10.5. The minimum atomic E-state index is -0.878. The summed E-state index contributed by atoms with van der Waals surface area (Å²) in [6, 6.07) is 13.7.